The van der Waals surface area contributed by atoms with Gasteiger partial charge >= 0.3 is 0 Å². The fourth-order valence-corrected chi connectivity index (χ4v) is 1.64. The summed E-state index contributed by atoms with van der Waals surface area (Å²) in [7, 11) is 0. The normalized spacial score (nSPS) is 29.2. The molecule has 1 nitrogen and oxygen atoms in total. The van der Waals surface area contributed by atoms with E-state index in [1.807, 2.05) is 0 Å². The van der Waals surface area contributed by atoms with Crippen molar-refractivity contribution in [2.45, 2.75) is 32.2 Å². The van der Waals surface area contributed by atoms with Gasteiger partial charge in [0.1, 0.15) is 0 Å². The van der Waals surface area contributed by atoms with Crippen LogP contribution in [0.25, 0.3) is 0 Å². The molecule has 1 aliphatic heterocycles. The molecule has 0 spiro atoms. The summed E-state index contributed by atoms with van der Waals surface area (Å²) >= 11 is 0. The lowest BCUT2D eigenvalue weighted by Gasteiger charge is -2.35. The van der Waals surface area contributed by atoms with Crippen molar-refractivity contribution in [1.29, 1.82) is 0 Å². The predicted molar refractivity (Wildman–Crippen MR) is 48.0 cm³/mol. The molecule has 1 saturated heterocycles. The minimum Gasteiger partial charge on any atom is -0.312 e. The Morgan fingerprint density at radius 3 is 2.55 bits per heavy atom. The predicted octanol–water partition coefficient (Wildman–Crippen LogP) is 2.16. The van der Waals surface area contributed by atoms with Crippen molar-refractivity contribution in [2.24, 2.45) is 5.92 Å². The van der Waals surface area contributed by atoms with E-state index in [1.54, 1.807) is 0 Å². The van der Waals surface area contributed by atoms with Crippen LogP contribution in [0.4, 0.5) is 4.39 Å². The topological polar surface area (TPSA) is 12.0 Å². The molecular weight excluding hydrogens is 165 g/mol. The third-order valence-electron chi connectivity index (χ3n) is 2.17. The third-order valence-corrected chi connectivity index (χ3v) is 2.17. The Morgan fingerprint density at radius 2 is 2.18 bits per heavy atom. The zero-order valence-corrected chi connectivity index (χ0v) is 8.01. The fourth-order valence-electron chi connectivity index (χ4n) is 1.64. The molecule has 0 unspecified atom stereocenters. The molecule has 0 bridgehead atoms. The Balaban J connectivity index is 0.000001000. The zero-order valence-electron chi connectivity index (χ0n) is 7.19. The van der Waals surface area contributed by atoms with Crippen molar-refractivity contribution >= 4 is 12.4 Å². The lowest BCUT2D eigenvalue weighted by Crippen LogP contribution is -2.46. The standard InChI is InChI=1S/C8H16FN.ClH/c1-8(2)5-7(6-9)3-4-10-8;/h7,10H,3-6H2,1-2H3;1H/t7-;/m0./s1. The highest BCUT2D eigenvalue weighted by molar-refractivity contribution is 5.85. The summed E-state index contributed by atoms with van der Waals surface area (Å²) in [5, 5.41) is 3.36. The molecule has 0 aliphatic carbocycles. The molecule has 0 radical (unpaired) electrons. The largest absolute Gasteiger partial charge is 0.312 e. The van der Waals surface area contributed by atoms with Crippen LogP contribution in [0.5, 0.6) is 0 Å². The lowest BCUT2D eigenvalue weighted by atomic mass is 9.85. The smallest absolute Gasteiger partial charge is 0.0923 e. The van der Waals surface area contributed by atoms with Crippen molar-refractivity contribution in [2.75, 3.05) is 13.2 Å². The van der Waals surface area contributed by atoms with Crippen LogP contribution in [0, 0.1) is 5.92 Å². The summed E-state index contributed by atoms with van der Waals surface area (Å²) in [6.07, 6.45) is 1.98. The van der Waals surface area contributed by atoms with Crippen molar-refractivity contribution < 1.29 is 4.39 Å². The maximum absolute atomic E-state index is 12.2. The molecule has 0 aromatic rings. The summed E-state index contributed by atoms with van der Waals surface area (Å²) in [6, 6.07) is 0. The average molecular weight is 182 g/mol. The summed E-state index contributed by atoms with van der Waals surface area (Å²) in [5.41, 5.74) is 0.162. The van der Waals surface area contributed by atoms with Gasteiger partial charge in [0.05, 0.1) is 6.67 Å². The Labute approximate surface area is 74.2 Å². The first kappa shape index (κ1) is 11.2. The quantitative estimate of drug-likeness (QED) is 0.654. The molecule has 0 aromatic carbocycles. The Morgan fingerprint density at radius 1 is 1.55 bits per heavy atom. The van der Waals surface area contributed by atoms with E-state index in [2.05, 4.69) is 19.2 Å². The molecule has 1 fully saturated rings. The van der Waals surface area contributed by atoms with Crippen LogP contribution in [0.15, 0.2) is 0 Å². The summed E-state index contributed by atoms with van der Waals surface area (Å²) in [5.74, 6) is 0.302. The Bertz CT molecular complexity index is 117. The van der Waals surface area contributed by atoms with E-state index in [0.717, 1.165) is 19.4 Å². The highest BCUT2D eigenvalue weighted by Crippen LogP contribution is 2.23. The van der Waals surface area contributed by atoms with Gasteiger partial charge in [0, 0.05) is 5.54 Å². The third kappa shape index (κ3) is 3.39. The Kier molecular flexibility index (Phi) is 4.34. The van der Waals surface area contributed by atoms with Crippen molar-refractivity contribution in [3.05, 3.63) is 0 Å². The van der Waals surface area contributed by atoms with E-state index in [9.17, 15) is 4.39 Å². The fraction of sp³-hybridized carbons (Fsp3) is 1.00. The monoisotopic (exact) mass is 181 g/mol. The van der Waals surface area contributed by atoms with E-state index in [1.165, 1.54) is 0 Å². The number of halogens is 2. The summed E-state index contributed by atoms with van der Waals surface area (Å²) in [4.78, 5) is 0. The second kappa shape index (κ2) is 4.27. The number of alkyl halides is 1. The number of nitrogens with one attached hydrogen (secondary N) is 1. The van der Waals surface area contributed by atoms with Gasteiger partial charge in [-0.25, -0.2) is 0 Å². The molecule has 0 saturated carbocycles. The van der Waals surface area contributed by atoms with Gasteiger partial charge in [-0.3, -0.25) is 4.39 Å². The van der Waals surface area contributed by atoms with Crippen LogP contribution in [-0.2, 0) is 0 Å². The molecule has 1 aliphatic rings. The minimum atomic E-state index is -0.148. The van der Waals surface area contributed by atoms with E-state index in [0.29, 0.717) is 5.92 Å². The molecule has 1 N–H and O–H groups in total. The molecule has 1 rings (SSSR count). The maximum atomic E-state index is 12.2. The van der Waals surface area contributed by atoms with Crippen LogP contribution in [0.2, 0.25) is 0 Å². The number of rotatable bonds is 1. The van der Waals surface area contributed by atoms with E-state index < -0.39 is 0 Å². The second-order valence-corrected chi connectivity index (χ2v) is 3.82. The van der Waals surface area contributed by atoms with Crippen LogP contribution in [-0.4, -0.2) is 18.8 Å². The minimum absolute atomic E-state index is 0. The molecule has 1 heterocycles. The lowest BCUT2D eigenvalue weighted by molar-refractivity contribution is 0.198. The molecule has 11 heavy (non-hydrogen) atoms. The van der Waals surface area contributed by atoms with Crippen molar-refractivity contribution in [3.8, 4) is 0 Å². The molecular formula is C8H17ClFN. The first-order valence-electron chi connectivity index (χ1n) is 3.95. The van der Waals surface area contributed by atoms with Gasteiger partial charge in [-0.05, 0) is 39.2 Å². The first-order chi connectivity index (χ1) is 4.64. The van der Waals surface area contributed by atoms with E-state index >= 15 is 0 Å². The van der Waals surface area contributed by atoms with Gasteiger partial charge in [-0.15, -0.1) is 12.4 Å². The number of piperidine rings is 1. The van der Waals surface area contributed by atoms with Gasteiger partial charge in [0.15, 0.2) is 0 Å². The highest BCUT2D eigenvalue weighted by atomic mass is 35.5. The summed E-state index contributed by atoms with van der Waals surface area (Å²) in [6.45, 7) is 5.09. The van der Waals surface area contributed by atoms with Crippen LogP contribution in [0.1, 0.15) is 26.7 Å². The number of hydrogen-bond donors (Lipinski definition) is 1. The van der Waals surface area contributed by atoms with Gasteiger partial charge in [0.2, 0.25) is 0 Å². The summed E-state index contributed by atoms with van der Waals surface area (Å²) < 4.78 is 12.2. The highest BCUT2D eigenvalue weighted by Gasteiger charge is 2.26. The van der Waals surface area contributed by atoms with Crippen molar-refractivity contribution in [3.63, 3.8) is 0 Å². The molecule has 0 aromatic heterocycles. The zero-order chi connectivity index (χ0) is 7.61. The molecule has 1 atom stereocenters. The maximum Gasteiger partial charge on any atom is 0.0923 e. The Hall–Kier alpha value is 0.180. The molecule has 3 heteroatoms. The van der Waals surface area contributed by atoms with Gasteiger partial charge in [-0.1, -0.05) is 0 Å². The van der Waals surface area contributed by atoms with Gasteiger partial charge in [0.25, 0.3) is 0 Å². The van der Waals surface area contributed by atoms with Crippen molar-refractivity contribution in [1.82, 2.24) is 5.32 Å². The molecule has 68 valence electrons. The van der Waals surface area contributed by atoms with Crippen LogP contribution >= 0.6 is 12.4 Å². The average Bonchev–Trinajstić information content (AvgIpc) is 1.86. The van der Waals surface area contributed by atoms with Gasteiger partial charge < -0.3 is 5.32 Å². The molecule has 0 amide bonds. The van der Waals surface area contributed by atoms with E-state index in [-0.39, 0.29) is 24.6 Å². The van der Waals surface area contributed by atoms with E-state index in [4.69, 9.17) is 0 Å². The first-order valence-corrected chi connectivity index (χ1v) is 3.95. The van der Waals surface area contributed by atoms with Gasteiger partial charge in [-0.2, -0.15) is 0 Å². The van der Waals surface area contributed by atoms with Crippen LogP contribution < -0.4 is 5.32 Å². The number of hydrogen-bond acceptors (Lipinski definition) is 1. The second-order valence-electron chi connectivity index (χ2n) is 3.82. The van der Waals surface area contributed by atoms with Crippen LogP contribution in [0.3, 0.4) is 0 Å². The SMILES string of the molecule is CC1(C)C[C@@H](CF)CCN1.Cl.